The highest BCUT2D eigenvalue weighted by Crippen LogP contribution is 2.60. The predicted octanol–water partition coefficient (Wildman–Crippen LogP) is 5.38. The first-order chi connectivity index (χ1) is 27.1. The molecule has 8 rings (SSSR count). The molecule has 1 saturated heterocycles. The van der Waals surface area contributed by atoms with Gasteiger partial charge >= 0.3 is 0 Å². The number of hydrogen-bond acceptors (Lipinski definition) is 9. The van der Waals surface area contributed by atoms with Crippen LogP contribution in [0.5, 0.6) is 11.5 Å². The Morgan fingerprint density at radius 1 is 0.929 bits per heavy atom. The number of carbonyl (C=O) groups excluding carboxylic acids is 1. The zero-order chi connectivity index (χ0) is 39.2. The van der Waals surface area contributed by atoms with Crippen molar-refractivity contribution in [3.63, 3.8) is 0 Å². The number of methoxy groups -OCH3 is 2. The number of rotatable bonds is 12. The van der Waals surface area contributed by atoms with Gasteiger partial charge in [-0.05, 0) is 66.1 Å². The molecule has 12 nitrogen and oxygen atoms in total. The van der Waals surface area contributed by atoms with E-state index in [0.717, 1.165) is 33.6 Å². The van der Waals surface area contributed by atoms with Crippen molar-refractivity contribution in [3.05, 3.63) is 131 Å². The van der Waals surface area contributed by atoms with Crippen LogP contribution in [0.1, 0.15) is 30.2 Å². The predicted molar refractivity (Wildman–Crippen MR) is 217 cm³/mol. The lowest BCUT2D eigenvalue weighted by Crippen LogP contribution is -2.51. The molecule has 56 heavy (non-hydrogen) atoms. The number of hydrogen-bond donors (Lipinski definition) is 1. The van der Waals surface area contributed by atoms with E-state index in [-0.39, 0.29) is 42.2 Å². The van der Waals surface area contributed by atoms with Crippen LogP contribution in [0.4, 0.5) is 5.69 Å². The van der Waals surface area contributed by atoms with Crippen LogP contribution in [0.3, 0.4) is 0 Å². The standard InChI is InChI=1S/C43H46N6O6Si/c1-28-40(56(4,5)35-16-13-33(53-2)14-17-35)39(19-21-47-27-31(20-22-50)45-46-47)55-43(28)37-24-34(54-3)15-18-38(37)48(42(43)52)26-29-9-8-11-32(23-29)49-41(51)36-12-7-6-10-30(36)25-44-49/h6-18,23-25,27-28,39-40,50H,19-22,26H2,1-5H3/t28-,39+,40-,43+/m0/s1. The molecule has 2 aromatic heterocycles. The summed E-state index contributed by atoms with van der Waals surface area (Å²) < 4.78 is 21.8. The fraction of sp³-hybridized carbons (Fsp3) is 0.326. The molecule has 4 heterocycles. The number of anilines is 1. The van der Waals surface area contributed by atoms with Crippen LogP contribution in [-0.4, -0.2) is 70.8 Å². The highest BCUT2D eigenvalue weighted by atomic mass is 28.3. The molecule has 2 aliphatic heterocycles. The monoisotopic (exact) mass is 770 g/mol. The van der Waals surface area contributed by atoms with Gasteiger partial charge in [0.25, 0.3) is 11.5 Å². The van der Waals surface area contributed by atoms with Crippen LogP contribution in [0.15, 0.2) is 108 Å². The number of aliphatic hydroxyl groups is 1. The minimum absolute atomic E-state index is 0.00118. The molecule has 0 saturated carbocycles. The normalized spacial score (nSPS) is 20.6. The van der Waals surface area contributed by atoms with Crippen LogP contribution >= 0.6 is 0 Å². The van der Waals surface area contributed by atoms with Crippen LogP contribution < -0.4 is 25.1 Å². The summed E-state index contributed by atoms with van der Waals surface area (Å²) in [6.45, 7) is 7.68. The molecule has 0 radical (unpaired) electrons. The largest absolute Gasteiger partial charge is 0.497 e. The van der Waals surface area contributed by atoms with Gasteiger partial charge in [0.1, 0.15) is 11.5 Å². The third kappa shape index (κ3) is 6.29. The molecule has 1 fully saturated rings. The van der Waals surface area contributed by atoms with E-state index < -0.39 is 13.7 Å². The van der Waals surface area contributed by atoms with Crippen LogP contribution in [0.2, 0.25) is 18.6 Å². The van der Waals surface area contributed by atoms with E-state index in [0.29, 0.717) is 36.2 Å². The summed E-state index contributed by atoms with van der Waals surface area (Å²) in [5.74, 6) is 1.09. The second-order valence-corrected chi connectivity index (χ2v) is 20.0. The molecule has 6 aromatic rings. The van der Waals surface area contributed by atoms with Gasteiger partial charge in [-0.25, -0.2) is 0 Å². The summed E-state index contributed by atoms with van der Waals surface area (Å²) in [6.07, 6.45) is 4.30. The maximum atomic E-state index is 15.4. The Morgan fingerprint density at radius 2 is 1.70 bits per heavy atom. The smallest absolute Gasteiger partial charge is 0.279 e. The van der Waals surface area contributed by atoms with Crippen LogP contribution in [0, 0.1) is 5.92 Å². The lowest BCUT2D eigenvalue weighted by molar-refractivity contribution is -0.146. The van der Waals surface area contributed by atoms with Crippen molar-refractivity contribution in [1.82, 2.24) is 24.8 Å². The van der Waals surface area contributed by atoms with Gasteiger partial charge in [-0.2, -0.15) is 9.78 Å². The molecule has 0 aliphatic carbocycles. The fourth-order valence-corrected chi connectivity index (χ4v) is 13.1. The molecule has 1 N–H and O–H groups in total. The lowest BCUT2D eigenvalue weighted by Gasteiger charge is -2.37. The summed E-state index contributed by atoms with van der Waals surface area (Å²) in [5.41, 5.74) is 2.26. The summed E-state index contributed by atoms with van der Waals surface area (Å²) in [6, 6.07) is 29.1. The molecule has 0 bridgehead atoms. The topological polar surface area (TPSA) is 134 Å². The van der Waals surface area contributed by atoms with Gasteiger partial charge in [0, 0.05) is 42.6 Å². The van der Waals surface area contributed by atoms with Crippen molar-refractivity contribution in [2.45, 2.75) is 63.2 Å². The summed E-state index contributed by atoms with van der Waals surface area (Å²) in [7, 11) is 0.910. The Balaban J connectivity index is 1.18. The van der Waals surface area contributed by atoms with Crippen molar-refractivity contribution >= 4 is 35.6 Å². The van der Waals surface area contributed by atoms with Crippen LogP contribution in [0.25, 0.3) is 16.5 Å². The number of fused-ring (bicyclic) bond motifs is 3. The molecule has 288 valence electrons. The van der Waals surface area contributed by atoms with Crippen molar-refractivity contribution in [3.8, 4) is 17.2 Å². The molecule has 4 atom stereocenters. The number of aromatic nitrogens is 5. The van der Waals surface area contributed by atoms with Crippen LogP contribution in [-0.2, 0) is 34.6 Å². The van der Waals surface area contributed by atoms with E-state index in [1.54, 1.807) is 31.2 Å². The summed E-state index contributed by atoms with van der Waals surface area (Å²) in [4.78, 5) is 30.7. The van der Waals surface area contributed by atoms with E-state index in [2.05, 4.69) is 47.6 Å². The van der Waals surface area contributed by atoms with E-state index in [9.17, 15) is 9.90 Å². The van der Waals surface area contributed by atoms with Crippen molar-refractivity contribution in [2.24, 2.45) is 5.92 Å². The van der Waals surface area contributed by atoms with Crippen molar-refractivity contribution < 1.29 is 24.1 Å². The molecular weight excluding hydrogens is 725 g/mol. The average Bonchev–Trinajstić information content (AvgIpc) is 3.87. The zero-order valence-corrected chi connectivity index (χ0v) is 33.3. The Bertz CT molecular complexity index is 2470. The Kier molecular flexibility index (Phi) is 9.85. The molecule has 2 aliphatic rings. The zero-order valence-electron chi connectivity index (χ0n) is 32.3. The Morgan fingerprint density at radius 3 is 2.46 bits per heavy atom. The van der Waals surface area contributed by atoms with Gasteiger partial charge in [0.05, 0.1) is 63.6 Å². The van der Waals surface area contributed by atoms with Gasteiger partial charge in [-0.1, -0.05) is 72.9 Å². The van der Waals surface area contributed by atoms with Gasteiger partial charge < -0.3 is 24.2 Å². The SMILES string of the molecule is COc1ccc([Si](C)(C)[C@@H]2[C@@H](CCn3cc(CCO)nn3)O[C@]3(C(=O)N(Cc4cccc(-n5ncc6ccccc6c5=O)c4)c4ccc(OC)cc43)[C@H]2C)cc1. The van der Waals surface area contributed by atoms with Crippen molar-refractivity contribution in [1.29, 1.82) is 0 Å². The quantitative estimate of drug-likeness (QED) is 0.163. The maximum absolute atomic E-state index is 15.4. The first kappa shape index (κ1) is 37.3. The van der Waals surface area contributed by atoms with E-state index in [4.69, 9.17) is 14.2 Å². The van der Waals surface area contributed by atoms with Gasteiger partial charge in [0.15, 0.2) is 5.60 Å². The van der Waals surface area contributed by atoms with Gasteiger partial charge in [-0.3, -0.25) is 14.3 Å². The number of aliphatic hydroxyl groups excluding tert-OH is 1. The highest BCUT2D eigenvalue weighted by molar-refractivity contribution is 6.91. The van der Waals surface area contributed by atoms with Gasteiger partial charge in [-0.15, -0.1) is 5.10 Å². The maximum Gasteiger partial charge on any atom is 0.279 e. The minimum Gasteiger partial charge on any atom is -0.497 e. The average molecular weight is 771 g/mol. The molecule has 1 amide bonds. The first-order valence-corrected chi connectivity index (χ1v) is 22.1. The number of benzene rings is 4. The molecular formula is C43H46N6O6Si. The molecule has 4 aromatic carbocycles. The number of nitrogens with zero attached hydrogens (tertiary/aromatic N) is 6. The third-order valence-corrected chi connectivity index (χ3v) is 16.2. The van der Waals surface area contributed by atoms with Gasteiger partial charge in [0.2, 0.25) is 0 Å². The molecule has 0 unspecified atom stereocenters. The number of amides is 1. The first-order valence-electron chi connectivity index (χ1n) is 19.0. The number of ether oxygens (including phenoxy) is 3. The molecule has 1 spiro atoms. The minimum atomic E-state index is -2.39. The second-order valence-electron chi connectivity index (χ2n) is 15.3. The van der Waals surface area contributed by atoms with E-state index in [1.807, 2.05) is 83.9 Å². The molecule has 13 heteroatoms. The lowest BCUT2D eigenvalue weighted by atomic mass is 9.82. The Labute approximate surface area is 326 Å². The van der Waals surface area contributed by atoms with Crippen molar-refractivity contribution in [2.75, 3.05) is 25.7 Å². The highest BCUT2D eigenvalue weighted by Gasteiger charge is 2.66. The number of aryl methyl sites for hydroxylation is 1. The van der Waals surface area contributed by atoms with E-state index in [1.165, 1.54) is 9.87 Å². The van der Waals surface area contributed by atoms with E-state index >= 15 is 4.79 Å². The summed E-state index contributed by atoms with van der Waals surface area (Å²) in [5, 5.41) is 25.1. The third-order valence-electron chi connectivity index (χ3n) is 11.8. The Hall–Kier alpha value is -5.63. The summed E-state index contributed by atoms with van der Waals surface area (Å²) >= 11 is 0. The fourth-order valence-electron chi connectivity index (χ4n) is 9.03. The number of carbonyl (C=O) groups is 1. The second kappa shape index (κ2) is 14.8.